The van der Waals surface area contributed by atoms with Gasteiger partial charge in [0.15, 0.2) is 0 Å². The number of methoxy groups -OCH3 is 2. The van der Waals surface area contributed by atoms with Crippen LogP contribution in [0.5, 0.6) is 11.5 Å². The Labute approximate surface area is 176 Å². The second-order valence-corrected chi connectivity index (χ2v) is 7.14. The molecule has 0 saturated carbocycles. The fourth-order valence-electron chi connectivity index (χ4n) is 2.33. The lowest BCUT2D eigenvalue weighted by molar-refractivity contribution is -0.119. The third kappa shape index (κ3) is 6.36. The lowest BCUT2D eigenvalue weighted by atomic mass is 10.2. The number of carbonyl (C=O) groups excluding carboxylic acids is 2. The molecule has 2 amide bonds. The summed E-state index contributed by atoms with van der Waals surface area (Å²) < 4.78 is 11.2. The maximum Gasteiger partial charge on any atom is 0.239 e. The van der Waals surface area contributed by atoms with Gasteiger partial charge in [-0.05, 0) is 35.1 Å². The molecule has 0 fully saturated rings. The third-order valence-electron chi connectivity index (χ3n) is 3.57. The number of pyridine rings is 1. The SMILES string of the molecule is COc1cc(NC(=O)CN(C)CC(=O)Nc2ccc(Br)cn2)c(OC)cc1Cl. The maximum absolute atomic E-state index is 12.3. The molecule has 0 atom stereocenters. The van der Waals surface area contributed by atoms with Crippen LogP contribution in [-0.4, -0.2) is 56.1 Å². The molecular weight excluding hydrogens is 452 g/mol. The first-order valence-electron chi connectivity index (χ1n) is 8.13. The van der Waals surface area contributed by atoms with E-state index in [0.717, 1.165) is 4.47 Å². The summed E-state index contributed by atoms with van der Waals surface area (Å²) in [4.78, 5) is 30.0. The molecule has 28 heavy (non-hydrogen) atoms. The number of amides is 2. The molecule has 0 spiro atoms. The number of benzene rings is 1. The predicted octanol–water partition coefficient (Wildman–Crippen LogP) is 3.02. The number of anilines is 2. The Balaban J connectivity index is 1.91. The normalized spacial score (nSPS) is 10.5. The van der Waals surface area contributed by atoms with Crippen LogP contribution in [0.1, 0.15) is 0 Å². The fraction of sp³-hybridized carbons (Fsp3) is 0.278. The van der Waals surface area contributed by atoms with E-state index in [1.165, 1.54) is 14.2 Å². The Morgan fingerprint density at radius 1 is 1.11 bits per heavy atom. The number of hydrogen-bond acceptors (Lipinski definition) is 6. The van der Waals surface area contributed by atoms with E-state index in [-0.39, 0.29) is 24.9 Å². The van der Waals surface area contributed by atoms with Crippen molar-refractivity contribution in [2.75, 3.05) is 45.0 Å². The van der Waals surface area contributed by atoms with Crippen molar-refractivity contribution < 1.29 is 19.1 Å². The molecule has 0 aliphatic carbocycles. The number of likely N-dealkylation sites (N-methyl/N-ethyl adjacent to an activating group) is 1. The highest BCUT2D eigenvalue weighted by atomic mass is 79.9. The highest BCUT2D eigenvalue weighted by molar-refractivity contribution is 9.10. The first-order valence-corrected chi connectivity index (χ1v) is 9.30. The number of rotatable bonds is 8. The Morgan fingerprint density at radius 3 is 2.32 bits per heavy atom. The molecule has 0 radical (unpaired) electrons. The minimum Gasteiger partial charge on any atom is -0.495 e. The summed E-state index contributed by atoms with van der Waals surface area (Å²) in [6, 6.07) is 6.58. The molecule has 150 valence electrons. The summed E-state index contributed by atoms with van der Waals surface area (Å²) in [5, 5.41) is 5.77. The van der Waals surface area contributed by atoms with Crippen LogP contribution in [0.25, 0.3) is 0 Å². The average molecular weight is 472 g/mol. The van der Waals surface area contributed by atoms with Crippen molar-refractivity contribution in [1.29, 1.82) is 0 Å². The van der Waals surface area contributed by atoms with Gasteiger partial charge in [0.25, 0.3) is 0 Å². The second-order valence-electron chi connectivity index (χ2n) is 5.82. The van der Waals surface area contributed by atoms with Crippen LogP contribution >= 0.6 is 27.5 Å². The van der Waals surface area contributed by atoms with Crippen molar-refractivity contribution in [3.05, 3.63) is 40.0 Å². The molecule has 8 nitrogen and oxygen atoms in total. The van der Waals surface area contributed by atoms with E-state index in [9.17, 15) is 9.59 Å². The summed E-state index contributed by atoms with van der Waals surface area (Å²) in [6.45, 7) is 0.0154. The quantitative estimate of drug-likeness (QED) is 0.615. The van der Waals surface area contributed by atoms with E-state index in [1.807, 2.05) is 0 Å². The first kappa shape index (κ1) is 21.9. The van der Waals surface area contributed by atoms with Gasteiger partial charge in [-0.15, -0.1) is 0 Å². The largest absolute Gasteiger partial charge is 0.495 e. The highest BCUT2D eigenvalue weighted by Gasteiger charge is 2.15. The van der Waals surface area contributed by atoms with Gasteiger partial charge in [-0.1, -0.05) is 11.6 Å². The average Bonchev–Trinajstić information content (AvgIpc) is 2.64. The van der Waals surface area contributed by atoms with E-state index >= 15 is 0 Å². The van der Waals surface area contributed by atoms with Gasteiger partial charge in [-0.2, -0.15) is 0 Å². The number of carbonyl (C=O) groups is 2. The van der Waals surface area contributed by atoms with Crippen LogP contribution in [0.15, 0.2) is 34.9 Å². The zero-order valence-electron chi connectivity index (χ0n) is 15.6. The van der Waals surface area contributed by atoms with Crippen LogP contribution in [-0.2, 0) is 9.59 Å². The van der Waals surface area contributed by atoms with Crippen molar-refractivity contribution in [2.24, 2.45) is 0 Å². The number of nitrogens with one attached hydrogen (secondary N) is 2. The van der Waals surface area contributed by atoms with Crippen molar-refractivity contribution in [2.45, 2.75) is 0 Å². The molecule has 0 aliphatic heterocycles. The topological polar surface area (TPSA) is 92.8 Å². The van der Waals surface area contributed by atoms with Crippen molar-refractivity contribution in [3.8, 4) is 11.5 Å². The maximum atomic E-state index is 12.3. The van der Waals surface area contributed by atoms with Gasteiger partial charge in [-0.25, -0.2) is 4.98 Å². The molecular formula is C18H20BrClN4O4. The molecule has 10 heteroatoms. The summed E-state index contributed by atoms with van der Waals surface area (Å²) in [7, 11) is 4.61. The standard InChI is InChI=1S/C18H20BrClN4O4/c1-24(10-18(26)23-16-5-4-11(19)8-21-16)9-17(25)22-13-7-14(27-2)12(20)6-15(13)28-3/h4-8H,9-10H2,1-3H3,(H,22,25)(H,21,23,26). The number of ether oxygens (including phenoxy) is 2. The van der Waals surface area contributed by atoms with Crippen LogP contribution in [0, 0.1) is 0 Å². The number of halogens is 2. The fourth-order valence-corrected chi connectivity index (χ4v) is 2.79. The number of hydrogen-bond donors (Lipinski definition) is 2. The summed E-state index contributed by atoms with van der Waals surface area (Å²) >= 11 is 9.33. The van der Waals surface area contributed by atoms with Gasteiger partial charge >= 0.3 is 0 Å². The van der Waals surface area contributed by atoms with Crippen LogP contribution in [0.2, 0.25) is 5.02 Å². The number of nitrogens with zero attached hydrogens (tertiary/aromatic N) is 2. The van der Waals surface area contributed by atoms with E-state index < -0.39 is 0 Å². The van der Waals surface area contributed by atoms with Gasteiger partial charge in [0.05, 0.1) is 38.0 Å². The molecule has 0 saturated heterocycles. The van der Waals surface area contributed by atoms with Gasteiger partial charge in [0.2, 0.25) is 11.8 Å². The van der Waals surface area contributed by atoms with Crippen molar-refractivity contribution in [1.82, 2.24) is 9.88 Å². The zero-order valence-corrected chi connectivity index (χ0v) is 17.9. The number of aromatic nitrogens is 1. The molecule has 0 aliphatic rings. The molecule has 2 rings (SSSR count). The highest BCUT2D eigenvalue weighted by Crippen LogP contribution is 2.35. The Hall–Kier alpha value is -2.36. The molecule has 2 N–H and O–H groups in total. The van der Waals surface area contributed by atoms with E-state index in [0.29, 0.717) is 28.0 Å². The monoisotopic (exact) mass is 470 g/mol. The van der Waals surface area contributed by atoms with Crippen LogP contribution in [0.4, 0.5) is 11.5 Å². The van der Waals surface area contributed by atoms with Gasteiger partial charge in [0, 0.05) is 22.8 Å². The minimum absolute atomic E-state index is 0.00468. The van der Waals surface area contributed by atoms with Gasteiger partial charge in [-0.3, -0.25) is 14.5 Å². The van der Waals surface area contributed by atoms with Crippen molar-refractivity contribution >= 4 is 50.9 Å². The minimum atomic E-state index is -0.320. The Morgan fingerprint density at radius 2 is 1.75 bits per heavy atom. The molecule has 1 aromatic carbocycles. The third-order valence-corrected chi connectivity index (χ3v) is 4.33. The second kappa shape index (κ2) is 10.3. The molecule has 1 heterocycles. The molecule has 2 aromatic rings. The predicted molar refractivity (Wildman–Crippen MR) is 111 cm³/mol. The van der Waals surface area contributed by atoms with Crippen LogP contribution in [0.3, 0.4) is 0 Å². The lowest BCUT2D eigenvalue weighted by Crippen LogP contribution is -2.36. The van der Waals surface area contributed by atoms with E-state index in [2.05, 4.69) is 31.5 Å². The summed E-state index contributed by atoms with van der Waals surface area (Å²) in [6.07, 6.45) is 1.58. The van der Waals surface area contributed by atoms with E-state index in [4.69, 9.17) is 21.1 Å². The molecule has 0 unspecified atom stereocenters. The van der Waals surface area contributed by atoms with Crippen LogP contribution < -0.4 is 20.1 Å². The smallest absolute Gasteiger partial charge is 0.239 e. The van der Waals surface area contributed by atoms with Gasteiger partial charge < -0.3 is 20.1 Å². The lowest BCUT2D eigenvalue weighted by Gasteiger charge is -2.17. The van der Waals surface area contributed by atoms with Gasteiger partial charge in [0.1, 0.15) is 17.3 Å². The first-order chi connectivity index (χ1) is 13.3. The summed E-state index contributed by atoms with van der Waals surface area (Å²) in [5.74, 6) is 0.646. The van der Waals surface area contributed by atoms with E-state index in [1.54, 1.807) is 42.4 Å². The van der Waals surface area contributed by atoms with Crippen molar-refractivity contribution in [3.63, 3.8) is 0 Å². The summed E-state index contributed by atoms with van der Waals surface area (Å²) in [5.41, 5.74) is 0.422. The molecule has 0 bridgehead atoms. The molecule has 1 aromatic heterocycles. The Bertz CT molecular complexity index is 848. The Kier molecular flexibility index (Phi) is 8.04. The zero-order chi connectivity index (χ0) is 20.7.